The van der Waals surface area contributed by atoms with Crippen LogP contribution in [-0.2, 0) is 0 Å². The zero-order valence-corrected chi connectivity index (χ0v) is 7.14. The van der Waals surface area contributed by atoms with Crippen molar-refractivity contribution in [3.63, 3.8) is 0 Å². The first kappa shape index (κ1) is 8.13. The van der Waals surface area contributed by atoms with Crippen molar-refractivity contribution >= 4 is 24.7 Å². The Hall–Kier alpha value is 0.130. The average molecular weight is 151 g/mol. The van der Waals surface area contributed by atoms with E-state index < -0.39 is 0 Å². The molecule has 3 nitrogen and oxygen atoms in total. The predicted molar refractivity (Wildman–Crippen MR) is 43.4 cm³/mol. The molecule has 2 atom stereocenters. The summed E-state index contributed by atoms with van der Waals surface area (Å²) in [7, 11) is 4.66. The van der Waals surface area contributed by atoms with Crippen molar-refractivity contribution in [3.8, 4) is 0 Å². The highest BCUT2D eigenvalue weighted by atomic mass is 31.0. The molecule has 0 aromatic rings. The van der Waals surface area contributed by atoms with Crippen molar-refractivity contribution in [1.29, 1.82) is 0 Å². The molecule has 0 aliphatic rings. The maximum Gasteiger partial charge on any atom is 0.197 e. The molecule has 0 aliphatic heterocycles. The zero-order chi connectivity index (χ0) is 6.57. The van der Waals surface area contributed by atoms with Crippen LogP contribution in [0.4, 0.5) is 0 Å². The molecular weight excluding hydrogens is 140 g/mol. The molecule has 0 aromatic heterocycles. The first-order chi connectivity index (χ1) is 3.72. The van der Waals surface area contributed by atoms with Crippen molar-refractivity contribution in [3.05, 3.63) is 0 Å². The zero-order valence-electron chi connectivity index (χ0n) is 4.83. The minimum atomic E-state index is 0.516. The molecule has 0 radical (unpaired) electrons. The van der Waals surface area contributed by atoms with Crippen molar-refractivity contribution in [1.82, 2.24) is 4.67 Å². The Balaban J connectivity index is 3.63. The first-order valence-electron chi connectivity index (χ1n) is 2.28. The predicted octanol–water partition coefficient (Wildman–Crippen LogP) is 0.203. The fourth-order valence-electron chi connectivity index (χ4n) is 0.236. The van der Waals surface area contributed by atoms with Gasteiger partial charge in [-0.15, -0.1) is 0 Å². The summed E-state index contributed by atoms with van der Waals surface area (Å²) in [4.78, 5) is 0. The van der Waals surface area contributed by atoms with E-state index in [1.54, 1.807) is 4.67 Å². The third kappa shape index (κ3) is 2.44. The Morgan fingerprint density at radius 2 is 2.38 bits per heavy atom. The quantitative estimate of drug-likeness (QED) is 0.330. The second-order valence-corrected chi connectivity index (χ2v) is 2.15. The summed E-state index contributed by atoms with van der Waals surface area (Å²) in [5, 5.41) is 0. The highest BCUT2D eigenvalue weighted by Gasteiger charge is 1.92. The van der Waals surface area contributed by atoms with E-state index in [9.17, 15) is 0 Å². The summed E-state index contributed by atoms with van der Waals surface area (Å²) in [5.74, 6) is 0.516. The molecule has 2 N–H and O–H groups in total. The lowest BCUT2D eigenvalue weighted by Gasteiger charge is -2.12. The SMILES string of the molecule is CCN(P)C(N)=NP. The van der Waals surface area contributed by atoms with Gasteiger partial charge in [0.25, 0.3) is 0 Å². The average Bonchev–Trinajstić information content (AvgIpc) is 1.84. The maximum absolute atomic E-state index is 5.36. The lowest BCUT2D eigenvalue weighted by Crippen LogP contribution is -2.27. The van der Waals surface area contributed by atoms with E-state index in [4.69, 9.17) is 5.73 Å². The fraction of sp³-hybridized carbons (Fsp3) is 0.667. The molecule has 0 spiro atoms. The van der Waals surface area contributed by atoms with Crippen LogP contribution in [-0.4, -0.2) is 17.2 Å². The van der Waals surface area contributed by atoms with Gasteiger partial charge in [0.05, 0.1) is 0 Å². The van der Waals surface area contributed by atoms with Crippen molar-refractivity contribution in [2.75, 3.05) is 6.54 Å². The Morgan fingerprint density at radius 3 is 2.50 bits per heavy atom. The van der Waals surface area contributed by atoms with Gasteiger partial charge in [-0.2, -0.15) is 0 Å². The molecule has 0 fully saturated rings. The van der Waals surface area contributed by atoms with Gasteiger partial charge in [-0.25, -0.2) is 4.76 Å². The van der Waals surface area contributed by atoms with Crippen LogP contribution < -0.4 is 5.73 Å². The smallest absolute Gasteiger partial charge is 0.197 e. The Bertz CT molecular complexity index is 92.5. The monoisotopic (exact) mass is 151 g/mol. The van der Waals surface area contributed by atoms with E-state index in [0.29, 0.717) is 5.96 Å². The van der Waals surface area contributed by atoms with E-state index in [0.717, 1.165) is 6.54 Å². The van der Waals surface area contributed by atoms with Crippen LogP contribution in [0.3, 0.4) is 0 Å². The van der Waals surface area contributed by atoms with Gasteiger partial charge >= 0.3 is 0 Å². The Labute approximate surface area is 54.2 Å². The van der Waals surface area contributed by atoms with E-state index in [1.165, 1.54) is 0 Å². The lowest BCUT2D eigenvalue weighted by molar-refractivity contribution is 0.708. The van der Waals surface area contributed by atoms with Gasteiger partial charge in [-0.3, -0.25) is 0 Å². The molecule has 2 unspecified atom stereocenters. The van der Waals surface area contributed by atoms with E-state index in [2.05, 4.69) is 23.5 Å². The minimum Gasteiger partial charge on any atom is -0.369 e. The summed E-state index contributed by atoms with van der Waals surface area (Å²) >= 11 is 0. The third-order valence-electron chi connectivity index (χ3n) is 0.767. The van der Waals surface area contributed by atoms with Gasteiger partial charge in [0.15, 0.2) is 5.96 Å². The van der Waals surface area contributed by atoms with E-state index in [-0.39, 0.29) is 0 Å². The molecule has 0 aliphatic carbocycles. The van der Waals surface area contributed by atoms with Gasteiger partial charge < -0.3 is 10.4 Å². The molecule has 0 amide bonds. The molecule has 0 heterocycles. The topological polar surface area (TPSA) is 41.6 Å². The molecule has 0 saturated carbocycles. The molecule has 8 heavy (non-hydrogen) atoms. The molecule has 0 bridgehead atoms. The highest BCUT2D eigenvalue weighted by molar-refractivity contribution is 7.16. The van der Waals surface area contributed by atoms with Crippen LogP contribution in [0, 0.1) is 0 Å². The summed E-state index contributed by atoms with van der Waals surface area (Å²) in [6.07, 6.45) is 0. The standard InChI is InChI=1S/C3H11N3P2/c1-2-6(8)3(4)5-7/h2,7-8H2,1H3,(H2,4,5). The second kappa shape index (κ2) is 4.05. The number of guanidine groups is 1. The molecular formula is C3H11N3P2. The number of rotatable bonds is 1. The van der Waals surface area contributed by atoms with Gasteiger partial charge in [-0.1, -0.05) is 0 Å². The van der Waals surface area contributed by atoms with Crippen LogP contribution in [0.5, 0.6) is 0 Å². The fourth-order valence-corrected chi connectivity index (χ4v) is 0.584. The summed E-state index contributed by atoms with van der Waals surface area (Å²) < 4.78 is 5.45. The van der Waals surface area contributed by atoms with Crippen molar-refractivity contribution < 1.29 is 0 Å². The maximum atomic E-state index is 5.36. The second-order valence-electron chi connectivity index (χ2n) is 1.27. The number of nitrogens with zero attached hydrogens (tertiary/aromatic N) is 2. The normalized spacial score (nSPS) is 11.6. The summed E-state index contributed by atoms with van der Waals surface area (Å²) in [6, 6.07) is 0. The van der Waals surface area contributed by atoms with Crippen LogP contribution in [0.25, 0.3) is 0 Å². The van der Waals surface area contributed by atoms with Crippen LogP contribution in [0.2, 0.25) is 0 Å². The lowest BCUT2D eigenvalue weighted by atomic mass is 10.7. The van der Waals surface area contributed by atoms with Gasteiger partial charge in [0, 0.05) is 6.54 Å². The van der Waals surface area contributed by atoms with Crippen LogP contribution in [0.1, 0.15) is 6.92 Å². The van der Waals surface area contributed by atoms with Gasteiger partial charge in [0.2, 0.25) is 0 Å². The van der Waals surface area contributed by atoms with E-state index in [1.807, 2.05) is 6.92 Å². The van der Waals surface area contributed by atoms with Gasteiger partial charge in [-0.05, 0) is 25.7 Å². The highest BCUT2D eigenvalue weighted by Crippen LogP contribution is 1.97. The molecule has 0 saturated heterocycles. The Morgan fingerprint density at radius 1 is 1.88 bits per heavy atom. The number of hydrogen-bond acceptors (Lipinski definition) is 1. The van der Waals surface area contributed by atoms with Crippen LogP contribution in [0.15, 0.2) is 4.76 Å². The molecule has 5 heteroatoms. The van der Waals surface area contributed by atoms with Crippen LogP contribution >= 0.6 is 18.8 Å². The number of nitrogens with two attached hydrogens (primary N) is 1. The minimum absolute atomic E-state index is 0.516. The first-order valence-corrected chi connectivity index (χ1v) is 3.31. The largest absolute Gasteiger partial charge is 0.369 e. The third-order valence-corrected chi connectivity index (χ3v) is 1.66. The summed E-state index contributed by atoms with van der Waals surface area (Å²) in [6.45, 7) is 2.85. The number of hydrogen-bond donors (Lipinski definition) is 1. The molecule has 0 aromatic carbocycles. The molecule has 0 rings (SSSR count). The Kier molecular flexibility index (Phi) is 4.12. The van der Waals surface area contributed by atoms with Crippen molar-refractivity contribution in [2.24, 2.45) is 10.5 Å². The van der Waals surface area contributed by atoms with E-state index >= 15 is 0 Å². The van der Waals surface area contributed by atoms with Crippen molar-refractivity contribution in [2.45, 2.75) is 6.92 Å². The summed E-state index contributed by atoms with van der Waals surface area (Å²) in [5.41, 5.74) is 5.36. The van der Waals surface area contributed by atoms with Gasteiger partial charge in [0.1, 0.15) is 0 Å². The molecule has 48 valence electrons.